The second-order valence-corrected chi connectivity index (χ2v) is 5.01. The van der Waals surface area contributed by atoms with Crippen LogP contribution in [0.2, 0.25) is 5.02 Å². The van der Waals surface area contributed by atoms with E-state index in [1.54, 1.807) is 18.0 Å². The summed E-state index contributed by atoms with van der Waals surface area (Å²) in [4.78, 5) is 13.1. The first-order valence-corrected chi connectivity index (χ1v) is 6.40. The third-order valence-electron chi connectivity index (χ3n) is 3.07. The molecule has 3 N–H and O–H groups in total. The Hall–Kier alpha value is -2.20. The first kappa shape index (κ1) is 14.2. The lowest BCUT2D eigenvalue weighted by atomic mass is 10.1. The zero-order valence-electron chi connectivity index (χ0n) is 11.2. The van der Waals surface area contributed by atoms with Crippen LogP contribution in [0, 0.1) is 6.92 Å². The number of nitrogens with two attached hydrogens (primary N) is 1. The van der Waals surface area contributed by atoms with E-state index in [4.69, 9.17) is 17.3 Å². The van der Waals surface area contributed by atoms with Gasteiger partial charge in [0, 0.05) is 18.4 Å². The Balaban J connectivity index is 2.56. The number of carboxylic acids is 1. The number of benzene rings is 2. The van der Waals surface area contributed by atoms with Gasteiger partial charge in [-0.25, -0.2) is 4.79 Å². The van der Waals surface area contributed by atoms with Gasteiger partial charge in [0.2, 0.25) is 0 Å². The molecular formula is C15H15ClN2O2. The molecule has 0 spiro atoms. The van der Waals surface area contributed by atoms with Crippen LogP contribution in [0.4, 0.5) is 17.1 Å². The SMILES string of the molecule is Cc1ccc(N(C)c2c(Cl)cc(N)cc2C(=O)O)cc1. The molecule has 2 aromatic rings. The second-order valence-electron chi connectivity index (χ2n) is 4.60. The van der Waals surface area contributed by atoms with Crippen molar-refractivity contribution in [2.24, 2.45) is 0 Å². The molecule has 2 rings (SSSR count). The average molecular weight is 291 g/mol. The molecule has 0 aliphatic heterocycles. The number of halogens is 1. The summed E-state index contributed by atoms with van der Waals surface area (Å²) in [6.45, 7) is 1.99. The van der Waals surface area contributed by atoms with Gasteiger partial charge in [-0.3, -0.25) is 0 Å². The molecule has 0 atom stereocenters. The van der Waals surface area contributed by atoms with Crippen LogP contribution >= 0.6 is 11.6 Å². The molecule has 0 aromatic heterocycles. The minimum Gasteiger partial charge on any atom is -0.478 e. The summed E-state index contributed by atoms with van der Waals surface area (Å²) < 4.78 is 0. The highest BCUT2D eigenvalue weighted by molar-refractivity contribution is 6.34. The maximum atomic E-state index is 11.4. The van der Waals surface area contributed by atoms with Gasteiger partial charge < -0.3 is 15.7 Å². The van der Waals surface area contributed by atoms with E-state index < -0.39 is 5.97 Å². The van der Waals surface area contributed by atoms with Gasteiger partial charge in [0.1, 0.15) is 0 Å². The number of hydrogen-bond acceptors (Lipinski definition) is 3. The van der Waals surface area contributed by atoms with E-state index in [-0.39, 0.29) is 5.56 Å². The predicted molar refractivity (Wildman–Crippen MR) is 82.1 cm³/mol. The van der Waals surface area contributed by atoms with Crippen molar-refractivity contribution in [3.8, 4) is 0 Å². The third-order valence-corrected chi connectivity index (χ3v) is 3.36. The summed E-state index contributed by atoms with van der Waals surface area (Å²) in [6, 6.07) is 10.7. The Morgan fingerprint density at radius 3 is 2.40 bits per heavy atom. The highest BCUT2D eigenvalue weighted by atomic mass is 35.5. The standard InChI is InChI=1S/C15H15ClN2O2/c1-9-3-5-11(6-4-9)18(2)14-12(15(19)20)7-10(17)8-13(14)16/h3-8H,17H2,1-2H3,(H,19,20). The molecule has 0 heterocycles. The lowest BCUT2D eigenvalue weighted by molar-refractivity contribution is 0.0697. The number of rotatable bonds is 3. The summed E-state index contributed by atoms with van der Waals surface area (Å²) in [5.41, 5.74) is 8.48. The highest BCUT2D eigenvalue weighted by Gasteiger charge is 2.19. The Bertz CT molecular complexity index is 654. The molecule has 0 aliphatic rings. The maximum absolute atomic E-state index is 11.4. The van der Waals surface area contributed by atoms with Gasteiger partial charge in [0.15, 0.2) is 0 Å². The van der Waals surface area contributed by atoms with Gasteiger partial charge in [0.25, 0.3) is 0 Å². The Morgan fingerprint density at radius 2 is 1.85 bits per heavy atom. The molecule has 104 valence electrons. The van der Waals surface area contributed by atoms with Gasteiger partial charge in [-0.2, -0.15) is 0 Å². The molecule has 0 aliphatic carbocycles. The lowest BCUT2D eigenvalue weighted by Crippen LogP contribution is -2.15. The number of nitrogens with zero attached hydrogens (tertiary/aromatic N) is 1. The summed E-state index contributed by atoms with van der Waals surface area (Å²) in [5, 5.41) is 9.62. The van der Waals surface area contributed by atoms with Crippen molar-refractivity contribution in [3.05, 3.63) is 52.5 Å². The third kappa shape index (κ3) is 2.70. The number of aryl methyl sites for hydroxylation is 1. The molecule has 0 saturated carbocycles. The summed E-state index contributed by atoms with van der Waals surface area (Å²) in [5.74, 6) is -1.06. The molecule has 4 nitrogen and oxygen atoms in total. The van der Waals surface area contributed by atoms with Crippen molar-refractivity contribution in [1.29, 1.82) is 0 Å². The van der Waals surface area contributed by atoms with Crippen molar-refractivity contribution in [2.75, 3.05) is 17.7 Å². The van der Waals surface area contributed by atoms with Gasteiger partial charge in [-0.15, -0.1) is 0 Å². The highest BCUT2D eigenvalue weighted by Crippen LogP contribution is 2.35. The number of hydrogen-bond donors (Lipinski definition) is 2. The fraction of sp³-hybridized carbons (Fsp3) is 0.133. The van der Waals surface area contributed by atoms with Crippen LogP contribution in [0.3, 0.4) is 0 Å². The van der Waals surface area contributed by atoms with E-state index in [9.17, 15) is 9.90 Å². The molecule has 0 unspecified atom stereocenters. The summed E-state index contributed by atoms with van der Waals surface area (Å²) in [7, 11) is 1.77. The van der Waals surface area contributed by atoms with E-state index in [1.165, 1.54) is 6.07 Å². The summed E-state index contributed by atoms with van der Waals surface area (Å²) in [6.07, 6.45) is 0. The van der Waals surface area contributed by atoms with Gasteiger partial charge in [-0.1, -0.05) is 29.3 Å². The van der Waals surface area contributed by atoms with Gasteiger partial charge in [0.05, 0.1) is 16.3 Å². The molecular weight excluding hydrogens is 276 g/mol. The quantitative estimate of drug-likeness (QED) is 0.846. The van der Waals surface area contributed by atoms with E-state index in [0.717, 1.165) is 11.3 Å². The lowest BCUT2D eigenvalue weighted by Gasteiger charge is -2.23. The van der Waals surface area contributed by atoms with Crippen LogP contribution in [0.1, 0.15) is 15.9 Å². The number of nitrogen functional groups attached to an aromatic ring is 1. The molecule has 0 fully saturated rings. The Labute approximate surface area is 122 Å². The normalized spacial score (nSPS) is 10.3. The van der Waals surface area contributed by atoms with E-state index in [0.29, 0.717) is 16.4 Å². The average Bonchev–Trinajstić information content (AvgIpc) is 2.37. The Kier molecular flexibility index (Phi) is 3.86. The van der Waals surface area contributed by atoms with Crippen LogP contribution in [0.5, 0.6) is 0 Å². The monoisotopic (exact) mass is 290 g/mol. The molecule has 0 bridgehead atoms. The van der Waals surface area contributed by atoms with Crippen LogP contribution in [0.15, 0.2) is 36.4 Å². The Morgan fingerprint density at radius 1 is 1.25 bits per heavy atom. The van der Waals surface area contributed by atoms with Crippen LogP contribution in [-0.4, -0.2) is 18.1 Å². The van der Waals surface area contributed by atoms with Crippen LogP contribution < -0.4 is 10.6 Å². The fourth-order valence-electron chi connectivity index (χ4n) is 2.02. The van der Waals surface area contributed by atoms with Crippen molar-refractivity contribution in [2.45, 2.75) is 6.92 Å². The number of aromatic carboxylic acids is 1. The van der Waals surface area contributed by atoms with Crippen molar-refractivity contribution >= 4 is 34.6 Å². The zero-order valence-corrected chi connectivity index (χ0v) is 12.0. The number of carbonyl (C=O) groups is 1. The van der Waals surface area contributed by atoms with Crippen LogP contribution in [-0.2, 0) is 0 Å². The molecule has 0 saturated heterocycles. The first-order valence-electron chi connectivity index (χ1n) is 6.03. The minimum absolute atomic E-state index is 0.0816. The van der Waals surface area contributed by atoms with Crippen molar-refractivity contribution in [1.82, 2.24) is 0 Å². The summed E-state index contributed by atoms with van der Waals surface area (Å²) >= 11 is 6.17. The smallest absolute Gasteiger partial charge is 0.337 e. The molecule has 0 amide bonds. The fourth-order valence-corrected chi connectivity index (χ4v) is 2.38. The zero-order chi connectivity index (χ0) is 14.9. The number of carboxylic acid groups (broad SMARTS) is 1. The van der Waals surface area contributed by atoms with Gasteiger partial charge >= 0.3 is 5.97 Å². The second kappa shape index (κ2) is 5.43. The van der Waals surface area contributed by atoms with Crippen LogP contribution in [0.25, 0.3) is 0 Å². The molecule has 2 aromatic carbocycles. The topological polar surface area (TPSA) is 66.6 Å². The van der Waals surface area contributed by atoms with E-state index in [2.05, 4.69) is 0 Å². The predicted octanol–water partition coefficient (Wildman–Crippen LogP) is 3.70. The molecule has 20 heavy (non-hydrogen) atoms. The van der Waals surface area contributed by atoms with E-state index >= 15 is 0 Å². The minimum atomic E-state index is -1.06. The molecule has 0 radical (unpaired) electrons. The van der Waals surface area contributed by atoms with Crippen molar-refractivity contribution < 1.29 is 9.90 Å². The first-order chi connectivity index (χ1) is 9.40. The maximum Gasteiger partial charge on any atom is 0.337 e. The van der Waals surface area contributed by atoms with E-state index in [1.807, 2.05) is 31.2 Å². The largest absolute Gasteiger partial charge is 0.478 e. The number of anilines is 3. The van der Waals surface area contributed by atoms with Crippen molar-refractivity contribution in [3.63, 3.8) is 0 Å². The van der Waals surface area contributed by atoms with Gasteiger partial charge in [-0.05, 0) is 31.2 Å². The molecule has 5 heteroatoms.